The van der Waals surface area contributed by atoms with Gasteiger partial charge in [0.05, 0.1) is 28.1 Å². The molecule has 2 heterocycles. The normalized spacial score (nSPS) is 17.9. The van der Waals surface area contributed by atoms with E-state index in [1.54, 1.807) is 0 Å². The third kappa shape index (κ3) is 2.25. The third-order valence-corrected chi connectivity index (χ3v) is 4.39. The van der Waals surface area contributed by atoms with Crippen molar-refractivity contribution in [3.8, 4) is 0 Å². The van der Waals surface area contributed by atoms with E-state index in [0.717, 1.165) is 42.3 Å². The van der Waals surface area contributed by atoms with Crippen LogP contribution in [0.15, 0.2) is 21.6 Å². The number of benzene rings is 1. The molecule has 0 aromatic heterocycles. The Morgan fingerprint density at radius 1 is 1.26 bits per heavy atom. The van der Waals surface area contributed by atoms with Crippen LogP contribution >= 0.6 is 15.9 Å². The predicted octanol–water partition coefficient (Wildman–Crippen LogP) is 1.71. The number of nitrogens with one attached hydrogen (secondary N) is 2. The van der Waals surface area contributed by atoms with Crippen molar-refractivity contribution in [1.82, 2.24) is 5.32 Å². The molecule has 6 heteroatoms. The molecule has 0 unspecified atom stereocenters. The number of likely N-dealkylation sites (N-methyl/N-ethyl adjacent to an activating group) is 2. The van der Waals surface area contributed by atoms with Crippen molar-refractivity contribution in [2.75, 3.05) is 55.4 Å². The molecule has 19 heavy (non-hydrogen) atoms. The van der Waals surface area contributed by atoms with Crippen molar-refractivity contribution < 1.29 is 0 Å². The molecule has 0 aliphatic carbocycles. The van der Waals surface area contributed by atoms with Crippen molar-refractivity contribution in [3.63, 3.8) is 0 Å². The minimum atomic E-state index is 0.841. The third-order valence-electron chi connectivity index (χ3n) is 3.59. The van der Waals surface area contributed by atoms with Gasteiger partial charge < -0.3 is 20.4 Å². The molecule has 0 amide bonds. The number of hydrogen-bond acceptors (Lipinski definition) is 5. The van der Waals surface area contributed by atoms with Crippen LogP contribution in [0.3, 0.4) is 0 Å². The summed E-state index contributed by atoms with van der Waals surface area (Å²) in [5, 5.41) is 6.57. The number of hydrogen-bond donors (Lipinski definition) is 2. The Morgan fingerprint density at radius 2 is 2.05 bits per heavy atom. The maximum Gasteiger partial charge on any atom is 0.195 e. The van der Waals surface area contributed by atoms with Gasteiger partial charge in [-0.2, -0.15) is 0 Å². The van der Waals surface area contributed by atoms with Crippen molar-refractivity contribution in [2.24, 2.45) is 4.99 Å². The fourth-order valence-electron chi connectivity index (χ4n) is 2.46. The highest BCUT2D eigenvalue weighted by atomic mass is 79.9. The molecule has 0 saturated carbocycles. The van der Waals surface area contributed by atoms with E-state index in [4.69, 9.17) is 0 Å². The minimum absolute atomic E-state index is 0.841. The van der Waals surface area contributed by atoms with Crippen LogP contribution in [0.2, 0.25) is 0 Å². The molecule has 1 aromatic rings. The van der Waals surface area contributed by atoms with Crippen LogP contribution in [-0.2, 0) is 0 Å². The zero-order chi connectivity index (χ0) is 13.4. The van der Waals surface area contributed by atoms with Gasteiger partial charge in [0.15, 0.2) is 5.96 Å². The van der Waals surface area contributed by atoms with E-state index in [1.807, 2.05) is 0 Å². The molecule has 2 aliphatic heterocycles. The smallest absolute Gasteiger partial charge is 0.195 e. The van der Waals surface area contributed by atoms with Gasteiger partial charge in [-0.15, -0.1) is 0 Å². The number of anilines is 3. The lowest BCUT2D eigenvalue weighted by atomic mass is 10.1. The van der Waals surface area contributed by atoms with Crippen LogP contribution < -0.4 is 20.4 Å². The fourth-order valence-corrected chi connectivity index (χ4v) is 3.20. The number of rotatable bonds is 1. The molecule has 0 spiro atoms. The molecule has 0 fully saturated rings. The number of aliphatic imine (C=N–C) groups is 1. The van der Waals surface area contributed by atoms with Gasteiger partial charge in [-0.1, -0.05) is 0 Å². The van der Waals surface area contributed by atoms with Gasteiger partial charge in [-0.25, -0.2) is 0 Å². The van der Waals surface area contributed by atoms with E-state index in [9.17, 15) is 0 Å². The number of nitrogens with zero attached hydrogens (tertiary/aromatic N) is 3. The second kappa shape index (κ2) is 4.92. The molecule has 0 radical (unpaired) electrons. The first kappa shape index (κ1) is 12.6. The van der Waals surface area contributed by atoms with Gasteiger partial charge in [0.2, 0.25) is 0 Å². The Labute approximate surface area is 121 Å². The molecule has 0 bridgehead atoms. The summed E-state index contributed by atoms with van der Waals surface area (Å²) in [7, 11) is 4.26. The van der Waals surface area contributed by atoms with Gasteiger partial charge in [-0.3, -0.25) is 4.99 Å². The number of fused-ring (bicyclic) bond motifs is 1. The molecule has 2 N–H and O–H groups in total. The molecule has 0 saturated heterocycles. The van der Waals surface area contributed by atoms with Crippen molar-refractivity contribution in [3.05, 3.63) is 16.6 Å². The first-order chi connectivity index (χ1) is 9.16. The predicted molar refractivity (Wildman–Crippen MR) is 84.6 cm³/mol. The summed E-state index contributed by atoms with van der Waals surface area (Å²) in [6.07, 6.45) is 0. The first-order valence-corrected chi connectivity index (χ1v) is 7.26. The van der Waals surface area contributed by atoms with E-state index < -0.39 is 0 Å². The Hall–Kier alpha value is -1.43. The highest BCUT2D eigenvalue weighted by molar-refractivity contribution is 9.10. The lowest BCUT2D eigenvalue weighted by Crippen LogP contribution is -2.37. The molecule has 1 aromatic carbocycles. The quantitative estimate of drug-likeness (QED) is 0.825. The molecule has 2 aliphatic rings. The maximum absolute atomic E-state index is 4.37. The SMILES string of the molecule is CN1CCN(C)c2c1ccc(NC1=NCCN1)c2Br. The second-order valence-electron chi connectivity index (χ2n) is 4.92. The van der Waals surface area contributed by atoms with Crippen LogP contribution in [0.1, 0.15) is 0 Å². The second-order valence-corrected chi connectivity index (χ2v) is 5.71. The summed E-state index contributed by atoms with van der Waals surface area (Å²) < 4.78 is 1.09. The summed E-state index contributed by atoms with van der Waals surface area (Å²) in [5.41, 5.74) is 3.54. The zero-order valence-corrected chi connectivity index (χ0v) is 12.8. The Balaban J connectivity index is 1.97. The summed E-state index contributed by atoms with van der Waals surface area (Å²) in [6.45, 7) is 3.84. The average molecular weight is 324 g/mol. The first-order valence-electron chi connectivity index (χ1n) is 6.47. The standard InChI is InChI=1S/C13H18BrN5/c1-18-7-8-19(2)12-10(18)4-3-9(11(12)14)17-13-15-5-6-16-13/h3-4H,5-8H2,1-2H3,(H2,15,16,17). The fraction of sp³-hybridized carbons (Fsp3) is 0.462. The molecule has 0 atom stereocenters. The summed E-state index contributed by atoms with van der Waals surface area (Å²) in [5.74, 6) is 0.854. The van der Waals surface area contributed by atoms with Crippen molar-refractivity contribution in [1.29, 1.82) is 0 Å². The Kier molecular flexibility index (Phi) is 3.26. The van der Waals surface area contributed by atoms with E-state index in [2.05, 4.69) is 67.6 Å². The van der Waals surface area contributed by atoms with Crippen molar-refractivity contribution >= 4 is 39.0 Å². The van der Waals surface area contributed by atoms with E-state index >= 15 is 0 Å². The minimum Gasteiger partial charge on any atom is -0.371 e. The van der Waals surface area contributed by atoms with Crippen LogP contribution in [0.4, 0.5) is 17.1 Å². The van der Waals surface area contributed by atoms with Gasteiger partial charge in [0.25, 0.3) is 0 Å². The molecular formula is C13H18BrN5. The lowest BCUT2D eigenvalue weighted by molar-refractivity contribution is 0.796. The summed E-state index contributed by atoms with van der Waals surface area (Å²) in [4.78, 5) is 8.94. The van der Waals surface area contributed by atoms with Gasteiger partial charge in [-0.05, 0) is 28.1 Å². The topological polar surface area (TPSA) is 42.9 Å². The highest BCUT2D eigenvalue weighted by Gasteiger charge is 2.22. The van der Waals surface area contributed by atoms with Gasteiger partial charge >= 0.3 is 0 Å². The van der Waals surface area contributed by atoms with Crippen molar-refractivity contribution in [2.45, 2.75) is 0 Å². The molecule has 3 rings (SSSR count). The van der Waals surface area contributed by atoms with E-state index in [0.29, 0.717) is 0 Å². The van der Waals surface area contributed by atoms with Gasteiger partial charge in [0, 0.05) is 33.7 Å². The summed E-state index contributed by atoms with van der Waals surface area (Å²) in [6, 6.07) is 4.26. The van der Waals surface area contributed by atoms with E-state index in [-0.39, 0.29) is 0 Å². The highest BCUT2D eigenvalue weighted by Crippen LogP contribution is 2.42. The Morgan fingerprint density at radius 3 is 2.79 bits per heavy atom. The Bertz CT molecular complexity index is 528. The maximum atomic E-state index is 4.37. The zero-order valence-electron chi connectivity index (χ0n) is 11.2. The van der Waals surface area contributed by atoms with Gasteiger partial charge in [0.1, 0.15) is 0 Å². The molecule has 5 nitrogen and oxygen atoms in total. The monoisotopic (exact) mass is 323 g/mol. The lowest BCUT2D eigenvalue weighted by Gasteiger charge is -2.36. The largest absolute Gasteiger partial charge is 0.371 e. The van der Waals surface area contributed by atoms with Crippen LogP contribution in [0.5, 0.6) is 0 Å². The molecular weight excluding hydrogens is 306 g/mol. The molecule has 102 valence electrons. The number of halogens is 1. The van der Waals surface area contributed by atoms with Crippen LogP contribution in [0, 0.1) is 0 Å². The number of guanidine groups is 1. The van der Waals surface area contributed by atoms with Crippen LogP contribution in [0.25, 0.3) is 0 Å². The average Bonchev–Trinajstić information content (AvgIpc) is 2.89. The van der Waals surface area contributed by atoms with E-state index in [1.165, 1.54) is 11.4 Å². The van der Waals surface area contributed by atoms with Crippen LogP contribution in [-0.4, -0.2) is 46.2 Å². The summed E-state index contributed by atoms with van der Waals surface area (Å²) >= 11 is 3.73.